The molecule has 0 aliphatic heterocycles. The molecule has 8 nitrogen and oxygen atoms in total. The van der Waals surface area contributed by atoms with Gasteiger partial charge in [0.1, 0.15) is 6.10 Å². The summed E-state index contributed by atoms with van der Waals surface area (Å²) in [6, 6.07) is 0. The summed E-state index contributed by atoms with van der Waals surface area (Å²) in [6.45, 7) is 4.84. The molecule has 0 bridgehead atoms. The molecule has 0 aromatic carbocycles. The maximum atomic E-state index is 12.5. The lowest BCUT2D eigenvalue weighted by Gasteiger charge is -2.20. The van der Waals surface area contributed by atoms with Crippen LogP contribution in [0, 0.1) is 0 Å². The SMILES string of the molecule is CCCC/C=C\CCCCCCCC(=O)OC(COCCCCCCCCCC/C=C\C/C=C\CCCCCC)COP(=O)(O)OCCN. The molecule has 0 amide bonds. The Morgan fingerprint density at radius 2 is 1.10 bits per heavy atom. The molecule has 0 rings (SSSR count). The van der Waals surface area contributed by atoms with Crippen LogP contribution < -0.4 is 5.73 Å². The Kier molecular flexibility index (Phi) is 37.0. The van der Waals surface area contributed by atoms with Crippen LogP contribution in [0.5, 0.6) is 0 Å². The Balaban J connectivity index is 4.04. The lowest BCUT2D eigenvalue weighted by Crippen LogP contribution is -2.28. The molecule has 0 aliphatic carbocycles. The van der Waals surface area contributed by atoms with Gasteiger partial charge in [0.15, 0.2) is 0 Å². The van der Waals surface area contributed by atoms with Gasteiger partial charge in [0, 0.05) is 19.6 Å². The van der Waals surface area contributed by atoms with Crippen LogP contribution in [0.3, 0.4) is 0 Å². The highest BCUT2D eigenvalue weighted by Crippen LogP contribution is 2.43. The van der Waals surface area contributed by atoms with Crippen LogP contribution in [0.1, 0.15) is 174 Å². The summed E-state index contributed by atoms with van der Waals surface area (Å²) < 4.78 is 33.3. The quantitative estimate of drug-likeness (QED) is 0.0281. The average molecular weight is 714 g/mol. The van der Waals surface area contributed by atoms with E-state index in [1.807, 2.05) is 0 Å². The molecule has 0 fully saturated rings. The molecule has 0 aliphatic rings. The minimum atomic E-state index is -4.27. The number of allylic oxidation sites excluding steroid dienone is 6. The van der Waals surface area contributed by atoms with E-state index in [1.54, 1.807) is 0 Å². The lowest BCUT2D eigenvalue weighted by molar-refractivity contribution is -0.154. The third-order valence-corrected chi connectivity index (χ3v) is 9.26. The van der Waals surface area contributed by atoms with Crippen LogP contribution in [0.25, 0.3) is 0 Å². The standard InChI is InChI=1S/C40H76NO7P/c1-3-5-7-9-11-13-15-16-17-18-19-20-21-22-24-26-28-30-32-35-45-37-39(38-47-49(43,44)46-36-34-41)48-40(42)33-31-29-27-25-23-14-12-10-8-6-4-2/h10,12-13,15,17-18,39H,3-9,11,14,16,19-38,41H2,1-2H3,(H,43,44)/b12-10-,15-13-,18-17-. The summed E-state index contributed by atoms with van der Waals surface area (Å²) in [7, 11) is -4.27. The van der Waals surface area contributed by atoms with Crippen LogP contribution >= 0.6 is 7.82 Å². The number of esters is 1. The fourth-order valence-corrected chi connectivity index (χ4v) is 6.07. The number of nitrogens with two attached hydrogens (primary N) is 1. The maximum Gasteiger partial charge on any atom is 0.472 e. The number of phosphoric ester groups is 1. The second-order valence-electron chi connectivity index (χ2n) is 13.1. The van der Waals surface area contributed by atoms with Crippen LogP contribution in [-0.4, -0.2) is 49.9 Å². The summed E-state index contributed by atoms with van der Waals surface area (Å²) in [5.41, 5.74) is 5.35. The van der Waals surface area contributed by atoms with E-state index < -0.39 is 13.9 Å². The zero-order chi connectivity index (χ0) is 35.9. The van der Waals surface area contributed by atoms with Crippen LogP contribution in [0.4, 0.5) is 0 Å². The smallest absolute Gasteiger partial charge is 0.457 e. The Labute approximate surface area is 301 Å². The number of unbranched alkanes of at least 4 members (excludes halogenated alkanes) is 19. The van der Waals surface area contributed by atoms with E-state index in [0.717, 1.165) is 51.4 Å². The highest BCUT2D eigenvalue weighted by Gasteiger charge is 2.25. The van der Waals surface area contributed by atoms with Gasteiger partial charge in [-0.3, -0.25) is 13.8 Å². The van der Waals surface area contributed by atoms with Crippen LogP contribution in [0.15, 0.2) is 36.5 Å². The number of rotatable bonds is 38. The average Bonchev–Trinajstić information content (AvgIpc) is 3.09. The first kappa shape index (κ1) is 47.7. The Bertz CT molecular complexity index is 848. The first-order valence-corrected chi connectivity index (χ1v) is 21.5. The lowest BCUT2D eigenvalue weighted by atomic mass is 10.1. The fourth-order valence-electron chi connectivity index (χ4n) is 5.30. The van der Waals surface area contributed by atoms with Crippen molar-refractivity contribution >= 4 is 13.8 Å². The van der Waals surface area contributed by atoms with E-state index in [2.05, 4.69) is 50.3 Å². The number of hydrogen-bond acceptors (Lipinski definition) is 7. The molecule has 288 valence electrons. The van der Waals surface area contributed by atoms with Crippen molar-refractivity contribution in [1.29, 1.82) is 0 Å². The minimum absolute atomic E-state index is 0.0975. The van der Waals surface area contributed by atoms with Crippen molar-refractivity contribution in [2.75, 3.05) is 33.0 Å². The Hall–Kier alpha value is -1.28. The molecule has 49 heavy (non-hydrogen) atoms. The summed E-state index contributed by atoms with van der Waals surface area (Å²) in [4.78, 5) is 22.4. The van der Waals surface area contributed by atoms with E-state index in [0.29, 0.717) is 13.0 Å². The molecule has 3 N–H and O–H groups in total. The molecule has 0 radical (unpaired) electrons. The number of hydrogen-bond donors (Lipinski definition) is 2. The van der Waals surface area contributed by atoms with Crippen molar-refractivity contribution in [3.63, 3.8) is 0 Å². The predicted molar refractivity (Wildman–Crippen MR) is 206 cm³/mol. The zero-order valence-corrected chi connectivity index (χ0v) is 32.6. The third-order valence-electron chi connectivity index (χ3n) is 8.28. The molecule has 0 spiro atoms. The van der Waals surface area contributed by atoms with Gasteiger partial charge in [0.25, 0.3) is 0 Å². The molecule has 2 unspecified atom stereocenters. The van der Waals surface area contributed by atoms with Crippen molar-refractivity contribution < 1.29 is 32.8 Å². The van der Waals surface area contributed by atoms with Crippen molar-refractivity contribution in [1.82, 2.24) is 0 Å². The molecule has 0 aromatic heterocycles. The highest BCUT2D eigenvalue weighted by molar-refractivity contribution is 7.47. The van der Waals surface area contributed by atoms with Gasteiger partial charge >= 0.3 is 13.8 Å². The largest absolute Gasteiger partial charge is 0.472 e. The molecule has 0 heterocycles. The first-order chi connectivity index (χ1) is 23.9. The monoisotopic (exact) mass is 714 g/mol. The normalized spacial score (nSPS) is 14.0. The maximum absolute atomic E-state index is 12.5. The number of carbonyl (C=O) groups excluding carboxylic acids is 1. The van der Waals surface area contributed by atoms with Crippen molar-refractivity contribution in [2.24, 2.45) is 5.73 Å². The Morgan fingerprint density at radius 3 is 1.67 bits per heavy atom. The van der Waals surface area contributed by atoms with E-state index in [-0.39, 0.29) is 32.3 Å². The van der Waals surface area contributed by atoms with Gasteiger partial charge in [0.2, 0.25) is 0 Å². The van der Waals surface area contributed by atoms with Crippen LogP contribution in [-0.2, 0) is 27.9 Å². The van der Waals surface area contributed by atoms with Crippen molar-refractivity contribution in [3.8, 4) is 0 Å². The topological polar surface area (TPSA) is 117 Å². The van der Waals surface area contributed by atoms with E-state index >= 15 is 0 Å². The highest BCUT2D eigenvalue weighted by atomic mass is 31.2. The van der Waals surface area contributed by atoms with E-state index in [4.69, 9.17) is 24.3 Å². The summed E-state index contributed by atoms with van der Waals surface area (Å²) in [5.74, 6) is -0.344. The number of phosphoric acid groups is 1. The molecule has 0 aromatic rings. The van der Waals surface area contributed by atoms with E-state index in [9.17, 15) is 14.3 Å². The molecular formula is C40H76NO7P. The second kappa shape index (κ2) is 38.0. The molecule has 0 saturated carbocycles. The number of carbonyl (C=O) groups is 1. The second-order valence-corrected chi connectivity index (χ2v) is 14.6. The molecule has 9 heteroatoms. The summed E-state index contributed by atoms with van der Waals surface area (Å²) >= 11 is 0. The van der Waals surface area contributed by atoms with Gasteiger partial charge in [-0.25, -0.2) is 4.57 Å². The zero-order valence-electron chi connectivity index (χ0n) is 31.7. The molecular weight excluding hydrogens is 637 g/mol. The fraction of sp³-hybridized carbons (Fsp3) is 0.825. The molecule has 0 saturated heterocycles. The summed E-state index contributed by atoms with van der Waals surface area (Å²) in [6.07, 6.45) is 41.6. The first-order valence-electron chi connectivity index (χ1n) is 20.0. The molecule has 2 atom stereocenters. The van der Waals surface area contributed by atoms with Gasteiger partial charge in [-0.15, -0.1) is 0 Å². The predicted octanol–water partition coefficient (Wildman–Crippen LogP) is 11.5. The van der Waals surface area contributed by atoms with E-state index in [1.165, 1.54) is 103 Å². The van der Waals surface area contributed by atoms with Crippen LogP contribution in [0.2, 0.25) is 0 Å². The van der Waals surface area contributed by atoms with Gasteiger partial charge in [-0.05, 0) is 64.2 Å². The van der Waals surface area contributed by atoms with Gasteiger partial charge < -0.3 is 20.1 Å². The Morgan fingerprint density at radius 1 is 0.612 bits per heavy atom. The van der Waals surface area contributed by atoms with Gasteiger partial charge in [0.05, 0.1) is 19.8 Å². The van der Waals surface area contributed by atoms with Crippen molar-refractivity contribution in [3.05, 3.63) is 36.5 Å². The number of ether oxygens (including phenoxy) is 2. The third kappa shape index (κ3) is 37.8. The summed E-state index contributed by atoms with van der Waals surface area (Å²) in [5, 5.41) is 0. The van der Waals surface area contributed by atoms with Gasteiger partial charge in [-0.1, -0.05) is 140 Å². The van der Waals surface area contributed by atoms with Crippen molar-refractivity contribution in [2.45, 2.75) is 180 Å². The van der Waals surface area contributed by atoms with Gasteiger partial charge in [-0.2, -0.15) is 0 Å². The minimum Gasteiger partial charge on any atom is -0.457 e.